The van der Waals surface area contributed by atoms with E-state index in [2.05, 4.69) is 27.0 Å². The molecule has 0 unspecified atom stereocenters. The van der Waals surface area contributed by atoms with Crippen molar-refractivity contribution in [3.8, 4) is 45.5 Å². The molecular weight excluding hydrogens is 430 g/mol. The first kappa shape index (κ1) is 20.4. The summed E-state index contributed by atoms with van der Waals surface area (Å²) in [5.41, 5.74) is 5.66. The van der Waals surface area contributed by atoms with Gasteiger partial charge < -0.3 is 23.5 Å². The van der Waals surface area contributed by atoms with Crippen molar-refractivity contribution >= 4 is 10.9 Å². The van der Waals surface area contributed by atoms with Crippen LogP contribution in [0.2, 0.25) is 0 Å². The van der Waals surface area contributed by atoms with Crippen molar-refractivity contribution in [2.75, 3.05) is 20.5 Å². The minimum atomic E-state index is 0.214. The molecule has 0 aromatic heterocycles. The van der Waals surface area contributed by atoms with E-state index in [0.717, 1.165) is 62.0 Å². The average molecular weight is 453 g/mol. The number of ether oxygens (including phenoxy) is 4. The van der Waals surface area contributed by atoms with E-state index in [1.807, 2.05) is 61.5 Å². The first-order valence-electron chi connectivity index (χ1n) is 11.2. The molecule has 34 heavy (non-hydrogen) atoms. The molecule has 0 fully saturated rings. The fourth-order valence-electron chi connectivity index (χ4n) is 4.46. The van der Waals surface area contributed by atoms with Crippen molar-refractivity contribution in [2.24, 2.45) is 0 Å². The van der Waals surface area contributed by atoms with Crippen molar-refractivity contribution < 1.29 is 18.9 Å². The Labute approximate surface area is 196 Å². The molecule has 0 amide bonds. The molecular formula is C27H23N3O4. The van der Waals surface area contributed by atoms with E-state index in [4.69, 9.17) is 18.9 Å². The van der Waals surface area contributed by atoms with Gasteiger partial charge >= 0.3 is 0 Å². The summed E-state index contributed by atoms with van der Waals surface area (Å²) in [6.45, 7) is 3.43. The lowest BCUT2D eigenvalue weighted by Crippen LogP contribution is -2.05. The van der Waals surface area contributed by atoms with Gasteiger partial charge in [-0.2, -0.15) is 0 Å². The molecule has 7 nitrogen and oxygen atoms in total. The number of benzene rings is 3. The number of fused-ring (bicyclic) bond motifs is 4. The predicted molar refractivity (Wildman–Crippen MR) is 129 cm³/mol. The van der Waals surface area contributed by atoms with Crippen LogP contribution in [-0.2, 0) is 6.54 Å². The highest BCUT2D eigenvalue weighted by Crippen LogP contribution is 2.42. The van der Waals surface area contributed by atoms with E-state index >= 15 is 0 Å². The van der Waals surface area contributed by atoms with Gasteiger partial charge in [-0.25, -0.2) is 0 Å². The Hall–Kier alpha value is -4.26. The molecule has 0 spiro atoms. The minimum absolute atomic E-state index is 0.214. The molecule has 170 valence electrons. The van der Waals surface area contributed by atoms with Gasteiger partial charge in [0, 0.05) is 34.3 Å². The Kier molecular flexibility index (Phi) is 4.95. The van der Waals surface area contributed by atoms with Crippen LogP contribution in [0.1, 0.15) is 12.5 Å². The summed E-state index contributed by atoms with van der Waals surface area (Å²) in [4.78, 5) is 0. The largest absolute Gasteiger partial charge is 0.496 e. The number of aromatic nitrogens is 3. The lowest BCUT2D eigenvalue weighted by molar-refractivity contribution is 0.174. The van der Waals surface area contributed by atoms with Crippen molar-refractivity contribution in [1.82, 2.24) is 14.8 Å². The third kappa shape index (κ3) is 3.37. The van der Waals surface area contributed by atoms with Crippen LogP contribution in [0.4, 0.5) is 0 Å². The number of hydrogen-bond acceptors (Lipinski definition) is 6. The van der Waals surface area contributed by atoms with Crippen LogP contribution in [-0.4, -0.2) is 35.3 Å². The SMILES string of the molecule is CCOc1ccc(-c2nnc3c4cc5c(cc4n(Cc4ccccc4OC)cc2-3)OCO5)cc1. The lowest BCUT2D eigenvalue weighted by atomic mass is 10.0. The standard InChI is InChI=1S/C27H23N3O4/c1-3-32-19-10-8-17(9-11-19)26-21-15-30(14-18-6-4-5-7-23(18)31-2)22-13-25-24(33-16-34-25)12-20(22)27(21)29-28-26/h4-13,15H,3,14,16H2,1-2H3. The molecule has 3 aromatic rings. The van der Waals surface area contributed by atoms with Crippen molar-refractivity contribution in [3.05, 3.63) is 72.4 Å². The Balaban J connectivity index is 1.54. The molecule has 0 atom stereocenters. The van der Waals surface area contributed by atoms with Gasteiger partial charge in [-0.3, -0.25) is 0 Å². The van der Waals surface area contributed by atoms with Gasteiger partial charge in [-0.05, 0) is 43.3 Å². The Morgan fingerprint density at radius 3 is 2.50 bits per heavy atom. The fourth-order valence-corrected chi connectivity index (χ4v) is 4.46. The van der Waals surface area contributed by atoms with Crippen LogP contribution in [0.3, 0.4) is 0 Å². The van der Waals surface area contributed by atoms with E-state index in [-0.39, 0.29) is 6.79 Å². The molecule has 0 aliphatic carbocycles. The quantitative estimate of drug-likeness (QED) is 0.344. The summed E-state index contributed by atoms with van der Waals surface area (Å²) < 4.78 is 24.7. The molecule has 7 heteroatoms. The molecule has 3 aromatic carbocycles. The van der Waals surface area contributed by atoms with Crippen LogP contribution in [0.5, 0.6) is 23.0 Å². The molecule has 6 rings (SSSR count). The minimum Gasteiger partial charge on any atom is -0.496 e. The second-order valence-electron chi connectivity index (χ2n) is 8.06. The zero-order valence-corrected chi connectivity index (χ0v) is 18.9. The molecule has 3 aliphatic heterocycles. The van der Waals surface area contributed by atoms with Crippen LogP contribution < -0.4 is 18.9 Å². The van der Waals surface area contributed by atoms with E-state index in [0.29, 0.717) is 13.2 Å². The molecule has 0 bridgehead atoms. The first-order valence-corrected chi connectivity index (χ1v) is 11.2. The molecule has 0 saturated carbocycles. The summed E-state index contributed by atoms with van der Waals surface area (Å²) in [5, 5.41) is 10.1. The number of rotatable bonds is 6. The Bertz CT molecular complexity index is 1460. The second kappa shape index (κ2) is 8.26. The molecule has 3 heterocycles. The molecule has 0 saturated heterocycles. The van der Waals surface area contributed by atoms with Crippen LogP contribution in [0.25, 0.3) is 33.4 Å². The highest BCUT2D eigenvalue weighted by Gasteiger charge is 2.24. The maximum absolute atomic E-state index is 5.67. The van der Waals surface area contributed by atoms with Gasteiger partial charge in [0.15, 0.2) is 11.5 Å². The highest BCUT2D eigenvalue weighted by molar-refractivity contribution is 5.99. The topological polar surface area (TPSA) is 67.6 Å². The maximum atomic E-state index is 5.67. The van der Waals surface area contributed by atoms with E-state index < -0.39 is 0 Å². The van der Waals surface area contributed by atoms with Gasteiger partial charge in [0.1, 0.15) is 22.9 Å². The van der Waals surface area contributed by atoms with Gasteiger partial charge in [0.2, 0.25) is 6.79 Å². The summed E-state index contributed by atoms with van der Waals surface area (Å²) in [6.07, 6.45) is 2.11. The third-order valence-corrected chi connectivity index (χ3v) is 6.07. The molecule has 0 radical (unpaired) electrons. The Morgan fingerprint density at radius 1 is 0.941 bits per heavy atom. The summed E-state index contributed by atoms with van der Waals surface area (Å²) in [5.74, 6) is 3.12. The number of pyridine rings is 1. The van der Waals surface area contributed by atoms with E-state index in [9.17, 15) is 0 Å². The van der Waals surface area contributed by atoms with Gasteiger partial charge in [0.25, 0.3) is 0 Å². The second-order valence-corrected chi connectivity index (χ2v) is 8.06. The average Bonchev–Trinajstić information content (AvgIpc) is 3.51. The molecule has 3 aliphatic rings. The van der Waals surface area contributed by atoms with Gasteiger partial charge in [-0.1, -0.05) is 18.2 Å². The summed E-state index contributed by atoms with van der Waals surface area (Å²) in [6, 6.07) is 20.0. The van der Waals surface area contributed by atoms with Crippen LogP contribution in [0.15, 0.2) is 66.9 Å². The monoisotopic (exact) mass is 453 g/mol. The predicted octanol–water partition coefficient (Wildman–Crippen LogP) is 5.39. The summed E-state index contributed by atoms with van der Waals surface area (Å²) in [7, 11) is 1.69. The maximum Gasteiger partial charge on any atom is 0.231 e. The molecule has 0 N–H and O–H groups in total. The number of para-hydroxylation sites is 1. The first-order chi connectivity index (χ1) is 16.7. The van der Waals surface area contributed by atoms with E-state index in [1.54, 1.807) is 7.11 Å². The van der Waals surface area contributed by atoms with Crippen LogP contribution in [0, 0.1) is 0 Å². The third-order valence-electron chi connectivity index (χ3n) is 6.07. The van der Waals surface area contributed by atoms with Crippen LogP contribution >= 0.6 is 0 Å². The zero-order chi connectivity index (χ0) is 23.1. The van der Waals surface area contributed by atoms with Crippen molar-refractivity contribution in [3.63, 3.8) is 0 Å². The summed E-state index contributed by atoms with van der Waals surface area (Å²) >= 11 is 0. The fraction of sp³-hybridized carbons (Fsp3) is 0.185. The number of hydrogen-bond donors (Lipinski definition) is 0. The lowest BCUT2D eigenvalue weighted by Gasteiger charge is -2.17. The number of nitrogens with zero attached hydrogens (tertiary/aromatic N) is 3. The van der Waals surface area contributed by atoms with Gasteiger partial charge in [0.05, 0.1) is 25.8 Å². The Morgan fingerprint density at radius 2 is 1.71 bits per heavy atom. The van der Waals surface area contributed by atoms with Gasteiger partial charge in [-0.15, -0.1) is 10.2 Å². The van der Waals surface area contributed by atoms with E-state index in [1.165, 1.54) is 0 Å². The normalized spacial score (nSPS) is 12.4. The smallest absolute Gasteiger partial charge is 0.231 e. The number of methoxy groups -OCH3 is 1. The van der Waals surface area contributed by atoms with Crippen molar-refractivity contribution in [1.29, 1.82) is 0 Å². The highest BCUT2D eigenvalue weighted by atomic mass is 16.7. The zero-order valence-electron chi connectivity index (χ0n) is 18.9. The van der Waals surface area contributed by atoms with Crippen molar-refractivity contribution in [2.45, 2.75) is 13.5 Å².